The zero-order chi connectivity index (χ0) is 13.1. The summed E-state index contributed by atoms with van der Waals surface area (Å²) in [6.45, 7) is 10.1. The van der Waals surface area contributed by atoms with Crippen LogP contribution in [0.15, 0.2) is 12.1 Å². The Kier molecular flexibility index (Phi) is 4.45. The zero-order valence-corrected chi connectivity index (χ0v) is 12.3. The van der Waals surface area contributed by atoms with Crippen molar-refractivity contribution in [3.8, 4) is 0 Å². The zero-order valence-electron chi connectivity index (χ0n) is 12.3. The minimum absolute atomic E-state index is 0.700. The molecule has 1 aliphatic rings. The Balaban J connectivity index is 2.21. The van der Waals surface area contributed by atoms with Crippen molar-refractivity contribution in [2.45, 2.75) is 65.3 Å². The van der Waals surface area contributed by atoms with Gasteiger partial charge < -0.3 is 5.32 Å². The van der Waals surface area contributed by atoms with E-state index in [-0.39, 0.29) is 0 Å². The molecule has 0 amide bonds. The summed E-state index contributed by atoms with van der Waals surface area (Å²) in [7, 11) is 0. The summed E-state index contributed by atoms with van der Waals surface area (Å²) in [5, 5.41) is 3.74. The molecule has 1 fully saturated rings. The molecule has 2 atom stereocenters. The Bertz CT molecular complexity index is 408. The SMILES string of the molecule is CCCNC1CCCC1c1cc(C)c(C)cc1C. The predicted molar refractivity (Wildman–Crippen MR) is 79.3 cm³/mol. The Labute approximate surface area is 112 Å². The largest absolute Gasteiger partial charge is 0.313 e. The highest BCUT2D eigenvalue weighted by atomic mass is 14.9. The fourth-order valence-corrected chi connectivity index (χ4v) is 3.29. The van der Waals surface area contributed by atoms with Crippen LogP contribution in [-0.2, 0) is 0 Å². The van der Waals surface area contributed by atoms with E-state index >= 15 is 0 Å². The first kappa shape index (κ1) is 13.6. The maximum absolute atomic E-state index is 3.74. The van der Waals surface area contributed by atoms with Crippen LogP contribution in [0.1, 0.15) is 60.8 Å². The van der Waals surface area contributed by atoms with Gasteiger partial charge in [0.15, 0.2) is 0 Å². The first-order chi connectivity index (χ1) is 8.63. The van der Waals surface area contributed by atoms with Crippen LogP contribution in [0, 0.1) is 20.8 Å². The first-order valence-electron chi connectivity index (χ1n) is 7.44. The summed E-state index contributed by atoms with van der Waals surface area (Å²) in [5.41, 5.74) is 5.93. The second-order valence-electron chi connectivity index (χ2n) is 5.89. The average Bonchev–Trinajstić information content (AvgIpc) is 2.79. The number of nitrogens with one attached hydrogen (secondary N) is 1. The van der Waals surface area contributed by atoms with Crippen LogP contribution in [0.25, 0.3) is 0 Å². The molecule has 0 aromatic heterocycles. The summed E-state index contributed by atoms with van der Waals surface area (Å²) in [6, 6.07) is 5.49. The molecule has 1 saturated carbocycles. The van der Waals surface area contributed by atoms with Crippen LogP contribution in [0.2, 0.25) is 0 Å². The van der Waals surface area contributed by atoms with Gasteiger partial charge in [-0.25, -0.2) is 0 Å². The lowest BCUT2D eigenvalue weighted by Crippen LogP contribution is -2.32. The number of benzene rings is 1. The third-order valence-corrected chi connectivity index (χ3v) is 4.45. The maximum atomic E-state index is 3.74. The Morgan fingerprint density at radius 1 is 1.06 bits per heavy atom. The van der Waals surface area contributed by atoms with Gasteiger partial charge in [-0.1, -0.05) is 25.5 Å². The van der Waals surface area contributed by atoms with E-state index < -0.39 is 0 Å². The molecule has 1 aromatic rings. The minimum Gasteiger partial charge on any atom is -0.313 e. The number of hydrogen-bond donors (Lipinski definition) is 1. The molecule has 1 N–H and O–H groups in total. The van der Waals surface area contributed by atoms with Gasteiger partial charge in [-0.3, -0.25) is 0 Å². The van der Waals surface area contributed by atoms with Gasteiger partial charge in [0.2, 0.25) is 0 Å². The van der Waals surface area contributed by atoms with Gasteiger partial charge in [0.05, 0.1) is 0 Å². The smallest absolute Gasteiger partial charge is 0.0136 e. The molecule has 100 valence electrons. The van der Waals surface area contributed by atoms with Gasteiger partial charge >= 0.3 is 0 Å². The molecular formula is C17H27N. The molecule has 1 heteroatoms. The molecular weight excluding hydrogens is 218 g/mol. The third kappa shape index (κ3) is 2.77. The van der Waals surface area contributed by atoms with Crippen LogP contribution in [-0.4, -0.2) is 12.6 Å². The highest BCUT2D eigenvalue weighted by Gasteiger charge is 2.29. The van der Waals surface area contributed by atoms with E-state index in [0.29, 0.717) is 6.04 Å². The number of rotatable bonds is 4. The second kappa shape index (κ2) is 5.88. The van der Waals surface area contributed by atoms with E-state index in [0.717, 1.165) is 12.5 Å². The number of hydrogen-bond acceptors (Lipinski definition) is 1. The van der Waals surface area contributed by atoms with Crippen molar-refractivity contribution in [2.24, 2.45) is 0 Å². The monoisotopic (exact) mass is 245 g/mol. The molecule has 1 aliphatic carbocycles. The van der Waals surface area contributed by atoms with Crippen LogP contribution in [0.4, 0.5) is 0 Å². The highest BCUT2D eigenvalue weighted by Crippen LogP contribution is 2.37. The minimum atomic E-state index is 0.700. The van der Waals surface area contributed by atoms with Crippen molar-refractivity contribution in [1.82, 2.24) is 5.32 Å². The summed E-state index contributed by atoms with van der Waals surface area (Å²) in [6.07, 6.45) is 5.30. The highest BCUT2D eigenvalue weighted by molar-refractivity contribution is 5.39. The van der Waals surface area contributed by atoms with Gasteiger partial charge in [-0.05, 0) is 74.8 Å². The van der Waals surface area contributed by atoms with Crippen LogP contribution in [0.5, 0.6) is 0 Å². The van der Waals surface area contributed by atoms with E-state index in [1.165, 1.54) is 42.4 Å². The van der Waals surface area contributed by atoms with E-state index in [1.54, 1.807) is 5.56 Å². The van der Waals surface area contributed by atoms with Crippen molar-refractivity contribution in [1.29, 1.82) is 0 Å². The van der Waals surface area contributed by atoms with Gasteiger partial charge in [-0.15, -0.1) is 0 Å². The lowest BCUT2D eigenvalue weighted by Gasteiger charge is -2.24. The Morgan fingerprint density at radius 2 is 1.78 bits per heavy atom. The standard InChI is InChI=1S/C17H27N/c1-5-9-18-17-8-6-7-15(17)16-11-13(3)12(2)10-14(16)4/h10-11,15,17-18H,5-9H2,1-4H3. The summed E-state index contributed by atoms with van der Waals surface area (Å²) >= 11 is 0. The molecule has 0 radical (unpaired) electrons. The van der Waals surface area contributed by atoms with Crippen molar-refractivity contribution >= 4 is 0 Å². The van der Waals surface area contributed by atoms with E-state index in [4.69, 9.17) is 0 Å². The summed E-state index contributed by atoms with van der Waals surface area (Å²) in [5.74, 6) is 0.732. The quantitative estimate of drug-likeness (QED) is 0.836. The summed E-state index contributed by atoms with van der Waals surface area (Å²) < 4.78 is 0. The van der Waals surface area contributed by atoms with E-state index in [9.17, 15) is 0 Å². The van der Waals surface area contributed by atoms with Crippen LogP contribution >= 0.6 is 0 Å². The van der Waals surface area contributed by atoms with Crippen molar-refractivity contribution in [3.63, 3.8) is 0 Å². The van der Waals surface area contributed by atoms with E-state index in [1.807, 2.05) is 0 Å². The van der Waals surface area contributed by atoms with Crippen molar-refractivity contribution < 1.29 is 0 Å². The second-order valence-corrected chi connectivity index (χ2v) is 5.89. The van der Waals surface area contributed by atoms with Crippen molar-refractivity contribution in [2.75, 3.05) is 6.54 Å². The average molecular weight is 245 g/mol. The van der Waals surface area contributed by atoms with Gasteiger partial charge in [0, 0.05) is 6.04 Å². The third-order valence-electron chi connectivity index (χ3n) is 4.45. The first-order valence-corrected chi connectivity index (χ1v) is 7.44. The lowest BCUT2D eigenvalue weighted by atomic mass is 9.88. The van der Waals surface area contributed by atoms with Gasteiger partial charge in [-0.2, -0.15) is 0 Å². The van der Waals surface area contributed by atoms with Gasteiger partial charge in [0.1, 0.15) is 0 Å². The molecule has 1 nitrogen and oxygen atoms in total. The maximum Gasteiger partial charge on any atom is 0.0136 e. The van der Waals surface area contributed by atoms with Crippen LogP contribution < -0.4 is 5.32 Å². The topological polar surface area (TPSA) is 12.0 Å². The molecule has 18 heavy (non-hydrogen) atoms. The van der Waals surface area contributed by atoms with Crippen molar-refractivity contribution in [3.05, 3.63) is 34.4 Å². The molecule has 0 heterocycles. The van der Waals surface area contributed by atoms with E-state index in [2.05, 4.69) is 45.1 Å². The molecule has 2 rings (SSSR count). The molecule has 0 aliphatic heterocycles. The predicted octanol–water partition coefficient (Wildman–Crippen LogP) is 4.25. The molecule has 2 unspecified atom stereocenters. The lowest BCUT2D eigenvalue weighted by molar-refractivity contribution is 0.477. The molecule has 1 aromatic carbocycles. The fraction of sp³-hybridized carbons (Fsp3) is 0.647. The van der Waals surface area contributed by atoms with Gasteiger partial charge in [0.25, 0.3) is 0 Å². The molecule has 0 bridgehead atoms. The van der Waals surface area contributed by atoms with Crippen LogP contribution in [0.3, 0.4) is 0 Å². The molecule has 0 saturated heterocycles. The fourth-order valence-electron chi connectivity index (χ4n) is 3.29. The molecule has 0 spiro atoms. The Hall–Kier alpha value is -0.820. The Morgan fingerprint density at radius 3 is 2.50 bits per heavy atom. The normalized spacial score (nSPS) is 23.6. The number of aryl methyl sites for hydroxylation is 3. The summed E-state index contributed by atoms with van der Waals surface area (Å²) in [4.78, 5) is 0.